The van der Waals surface area contributed by atoms with E-state index in [1.54, 1.807) is 0 Å². The van der Waals surface area contributed by atoms with E-state index in [1.807, 2.05) is 39.8 Å². The summed E-state index contributed by atoms with van der Waals surface area (Å²) in [5.74, 6) is 0.940. The van der Waals surface area contributed by atoms with Gasteiger partial charge in [-0.15, -0.1) is 0 Å². The van der Waals surface area contributed by atoms with Gasteiger partial charge >= 0.3 is 0 Å². The van der Waals surface area contributed by atoms with E-state index in [1.165, 1.54) is 0 Å². The van der Waals surface area contributed by atoms with Gasteiger partial charge in [-0.25, -0.2) is 0 Å². The lowest BCUT2D eigenvalue weighted by molar-refractivity contribution is 0.130. The molecule has 0 amide bonds. The Bertz CT molecular complexity index is 313. The smallest absolute Gasteiger partial charge is 0.123 e. The first-order valence-electron chi connectivity index (χ1n) is 4.91. The fraction of sp³-hybridized carbons (Fsp3) is 0.500. The Labute approximate surface area is 86.1 Å². The van der Waals surface area contributed by atoms with Gasteiger partial charge in [0.05, 0.1) is 0 Å². The Morgan fingerprint density at radius 2 is 1.93 bits per heavy atom. The van der Waals surface area contributed by atoms with Gasteiger partial charge in [-0.2, -0.15) is 0 Å². The lowest BCUT2D eigenvalue weighted by Gasteiger charge is -2.22. The van der Waals surface area contributed by atoms with Crippen LogP contribution in [0.2, 0.25) is 0 Å². The zero-order valence-electron chi connectivity index (χ0n) is 9.42. The van der Waals surface area contributed by atoms with Crippen molar-refractivity contribution in [2.45, 2.75) is 39.8 Å². The minimum absolute atomic E-state index is 0.144. The van der Waals surface area contributed by atoms with E-state index in [-0.39, 0.29) is 5.60 Å². The molecular weight excluding hydrogens is 174 g/mol. The molecule has 0 aliphatic carbocycles. The van der Waals surface area contributed by atoms with Crippen molar-refractivity contribution in [3.05, 3.63) is 29.3 Å². The van der Waals surface area contributed by atoms with E-state index in [2.05, 4.69) is 6.07 Å². The Kier molecular flexibility index (Phi) is 3.17. The molecule has 0 fully saturated rings. The normalized spacial score (nSPS) is 11.5. The fourth-order valence-electron chi connectivity index (χ4n) is 1.28. The van der Waals surface area contributed by atoms with Crippen molar-refractivity contribution in [1.82, 2.24) is 0 Å². The van der Waals surface area contributed by atoms with Gasteiger partial charge in [0.25, 0.3) is 0 Å². The van der Waals surface area contributed by atoms with Crippen LogP contribution in [0.5, 0.6) is 5.75 Å². The standard InChI is InChI=1S/C12H19NO/c1-9-7-10(8-13)5-6-11(9)14-12(2,3)4/h5-7H,8,13H2,1-4H3. The van der Waals surface area contributed by atoms with E-state index in [9.17, 15) is 0 Å². The first-order chi connectivity index (χ1) is 6.42. The summed E-state index contributed by atoms with van der Waals surface area (Å²) in [6.07, 6.45) is 0. The van der Waals surface area contributed by atoms with Gasteiger partial charge in [0.15, 0.2) is 0 Å². The number of ether oxygens (including phenoxy) is 1. The molecule has 0 saturated carbocycles. The van der Waals surface area contributed by atoms with Crippen molar-refractivity contribution >= 4 is 0 Å². The van der Waals surface area contributed by atoms with E-state index >= 15 is 0 Å². The highest BCUT2D eigenvalue weighted by molar-refractivity contribution is 5.36. The Balaban J connectivity index is 2.89. The molecule has 78 valence electrons. The van der Waals surface area contributed by atoms with Crippen LogP contribution >= 0.6 is 0 Å². The molecule has 2 N–H and O–H groups in total. The highest BCUT2D eigenvalue weighted by atomic mass is 16.5. The maximum absolute atomic E-state index is 5.79. The van der Waals surface area contributed by atoms with Crippen molar-refractivity contribution in [3.63, 3.8) is 0 Å². The molecule has 0 unspecified atom stereocenters. The van der Waals surface area contributed by atoms with Gasteiger partial charge in [0.1, 0.15) is 11.4 Å². The molecule has 0 bridgehead atoms. The van der Waals surface area contributed by atoms with Crippen molar-refractivity contribution in [2.24, 2.45) is 5.73 Å². The molecule has 0 aromatic heterocycles. The zero-order chi connectivity index (χ0) is 10.8. The second-order valence-corrected chi connectivity index (χ2v) is 4.52. The van der Waals surface area contributed by atoms with Crippen LogP contribution in [0.15, 0.2) is 18.2 Å². The van der Waals surface area contributed by atoms with E-state index in [0.29, 0.717) is 6.54 Å². The van der Waals surface area contributed by atoms with Crippen LogP contribution in [-0.2, 0) is 6.54 Å². The largest absolute Gasteiger partial charge is 0.488 e. The third-order valence-corrected chi connectivity index (χ3v) is 1.89. The number of aryl methyl sites for hydroxylation is 1. The van der Waals surface area contributed by atoms with E-state index in [4.69, 9.17) is 10.5 Å². The van der Waals surface area contributed by atoms with Crippen LogP contribution in [0.3, 0.4) is 0 Å². The maximum atomic E-state index is 5.79. The molecule has 1 aromatic carbocycles. The second kappa shape index (κ2) is 4.01. The average Bonchev–Trinajstić information content (AvgIpc) is 2.06. The summed E-state index contributed by atoms with van der Waals surface area (Å²) >= 11 is 0. The van der Waals surface area contributed by atoms with E-state index < -0.39 is 0 Å². The fourth-order valence-corrected chi connectivity index (χ4v) is 1.28. The summed E-state index contributed by atoms with van der Waals surface area (Å²) in [7, 11) is 0. The summed E-state index contributed by atoms with van der Waals surface area (Å²) in [5.41, 5.74) is 7.70. The van der Waals surface area contributed by atoms with Crippen molar-refractivity contribution < 1.29 is 4.74 Å². The molecule has 0 aliphatic rings. The maximum Gasteiger partial charge on any atom is 0.123 e. The lowest BCUT2D eigenvalue weighted by atomic mass is 10.1. The minimum atomic E-state index is -0.144. The highest BCUT2D eigenvalue weighted by Gasteiger charge is 2.13. The van der Waals surface area contributed by atoms with Gasteiger partial charge in [-0.1, -0.05) is 12.1 Å². The molecule has 0 heterocycles. The molecule has 2 heteroatoms. The summed E-state index contributed by atoms with van der Waals surface area (Å²) in [5, 5.41) is 0. The SMILES string of the molecule is Cc1cc(CN)ccc1OC(C)(C)C. The zero-order valence-corrected chi connectivity index (χ0v) is 9.42. The number of nitrogens with two attached hydrogens (primary N) is 1. The van der Waals surface area contributed by atoms with Gasteiger partial charge in [-0.3, -0.25) is 0 Å². The molecule has 1 rings (SSSR count). The molecule has 1 aromatic rings. The lowest BCUT2D eigenvalue weighted by Crippen LogP contribution is -2.23. The molecule has 0 spiro atoms. The topological polar surface area (TPSA) is 35.2 Å². The molecule has 0 saturated heterocycles. The predicted octanol–water partition coefficient (Wildman–Crippen LogP) is 2.63. The molecule has 0 atom stereocenters. The first-order valence-corrected chi connectivity index (χ1v) is 4.91. The van der Waals surface area contributed by atoms with Crippen molar-refractivity contribution in [2.75, 3.05) is 0 Å². The molecular formula is C12H19NO. The summed E-state index contributed by atoms with van der Waals surface area (Å²) in [6, 6.07) is 6.07. The average molecular weight is 193 g/mol. The third kappa shape index (κ3) is 3.04. The van der Waals surface area contributed by atoms with Gasteiger partial charge in [0.2, 0.25) is 0 Å². The van der Waals surface area contributed by atoms with E-state index in [0.717, 1.165) is 16.9 Å². The quantitative estimate of drug-likeness (QED) is 0.783. The summed E-state index contributed by atoms with van der Waals surface area (Å²) in [4.78, 5) is 0. The molecule has 0 radical (unpaired) electrons. The molecule has 2 nitrogen and oxygen atoms in total. The van der Waals surface area contributed by atoms with Crippen molar-refractivity contribution in [3.8, 4) is 5.75 Å². The van der Waals surface area contributed by atoms with Crippen LogP contribution in [0.25, 0.3) is 0 Å². The van der Waals surface area contributed by atoms with Crippen LogP contribution in [0.4, 0.5) is 0 Å². The van der Waals surface area contributed by atoms with Crippen LogP contribution in [0.1, 0.15) is 31.9 Å². The van der Waals surface area contributed by atoms with Gasteiger partial charge < -0.3 is 10.5 Å². The minimum Gasteiger partial charge on any atom is -0.488 e. The second-order valence-electron chi connectivity index (χ2n) is 4.52. The number of hydrogen-bond donors (Lipinski definition) is 1. The van der Waals surface area contributed by atoms with Gasteiger partial charge in [-0.05, 0) is 44.9 Å². The first kappa shape index (κ1) is 11.1. The number of rotatable bonds is 2. The third-order valence-electron chi connectivity index (χ3n) is 1.89. The highest BCUT2D eigenvalue weighted by Crippen LogP contribution is 2.23. The Morgan fingerprint density at radius 3 is 2.36 bits per heavy atom. The summed E-state index contributed by atoms with van der Waals surface area (Å²) < 4.78 is 5.79. The van der Waals surface area contributed by atoms with Gasteiger partial charge in [0, 0.05) is 6.54 Å². The monoisotopic (exact) mass is 193 g/mol. The molecule has 14 heavy (non-hydrogen) atoms. The Morgan fingerprint density at radius 1 is 1.29 bits per heavy atom. The molecule has 0 aliphatic heterocycles. The predicted molar refractivity (Wildman–Crippen MR) is 59.5 cm³/mol. The van der Waals surface area contributed by atoms with Crippen molar-refractivity contribution in [1.29, 1.82) is 0 Å². The Hall–Kier alpha value is -1.02. The van der Waals surface area contributed by atoms with Crippen LogP contribution in [-0.4, -0.2) is 5.60 Å². The number of hydrogen-bond acceptors (Lipinski definition) is 2. The van der Waals surface area contributed by atoms with Crippen LogP contribution < -0.4 is 10.5 Å². The number of benzene rings is 1. The summed E-state index contributed by atoms with van der Waals surface area (Å²) in [6.45, 7) is 8.76. The van der Waals surface area contributed by atoms with Crippen LogP contribution in [0, 0.1) is 6.92 Å².